The van der Waals surface area contributed by atoms with Crippen LogP contribution < -0.4 is 5.43 Å². The van der Waals surface area contributed by atoms with Gasteiger partial charge in [0.05, 0.1) is 13.2 Å². The number of H-pyrrole nitrogens is 1. The second-order valence-electron chi connectivity index (χ2n) is 3.27. The zero-order valence-electron chi connectivity index (χ0n) is 8.12. The number of hydrazine groups is 1. The fourth-order valence-electron chi connectivity index (χ4n) is 1.38. The number of halogens is 1. The third-order valence-electron chi connectivity index (χ3n) is 2.16. The quantitative estimate of drug-likeness (QED) is 0.837. The van der Waals surface area contributed by atoms with Crippen molar-refractivity contribution in [3.8, 4) is 0 Å². The van der Waals surface area contributed by atoms with Crippen molar-refractivity contribution in [1.29, 1.82) is 0 Å². The van der Waals surface area contributed by atoms with Crippen LogP contribution in [0.25, 0.3) is 0 Å². The molecule has 15 heavy (non-hydrogen) atoms. The predicted molar refractivity (Wildman–Crippen MR) is 58.4 cm³/mol. The molecule has 0 spiro atoms. The van der Waals surface area contributed by atoms with E-state index in [4.69, 9.17) is 4.74 Å². The van der Waals surface area contributed by atoms with E-state index in [1.807, 2.05) is 5.01 Å². The Labute approximate surface area is 95.9 Å². The standard InChI is InChI=1S/C9H12BrN3O2/c10-7-5-8(11-6-7)9(14)12-13-1-3-15-4-2-13/h5-6,11H,1-4H2,(H,12,14). The fourth-order valence-corrected chi connectivity index (χ4v) is 1.72. The molecule has 1 aliphatic rings. The number of hydrogen-bond acceptors (Lipinski definition) is 3. The first-order valence-electron chi connectivity index (χ1n) is 4.73. The minimum atomic E-state index is -0.123. The molecule has 0 aromatic carbocycles. The van der Waals surface area contributed by atoms with Gasteiger partial charge >= 0.3 is 0 Å². The predicted octanol–water partition coefficient (Wildman–Crippen LogP) is 0.754. The summed E-state index contributed by atoms with van der Waals surface area (Å²) in [7, 11) is 0. The third kappa shape index (κ3) is 2.80. The maximum atomic E-state index is 11.7. The van der Waals surface area contributed by atoms with Gasteiger partial charge in [0, 0.05) is 23.8 Å². The van der Waals surface area contributed by atoms with Crippen LogP contribution in [0, 0.1) is 0 Å². The van der Waals surface area contributed by atoms with Crippen LogP contribution in [-0.4, -0.2) is 42.2 Å². The van der Waals surface area contributed by atoms with Crippen molar-refractivity contribution in [2.24, 2.45) is 0 Å². The molecule has 0 bridgehead atoms. The zero-order valence-corrected chi connectivity index (χ0v) is 9.71. The number of amides is 1. The average Bonchev–Trinajstić information content (AvgIpc) is 2.66. The van der Waals surface area contributed by atoms with E-state index in [1.165, 1.54) is 0 Å². The molecular formula is C9H12BrN3O2. The maximum Gasteiger partial charge on any atom is 0.282 e. The average molecular weight is 274 g/mol. The van der Waals surface area contributed by atoms with Gasteiger partial charge < -0.3 is 9.72 Å². The van der Waals surface area contributed by atoms with Crippen LogP contribution in [0.15, 0.2) is 16.7 Å². The molecule has 0 unspecified atom stereocenters. The van der Waals surface area contributed by atoms with Crippen molar-refractivity contribution < 1.29 is 9.53 Å². The Balaban J connectivity index is 1.91. The Morgan fingerprint density at radius 1 is 1.53 bits per heavy atom. The molecule has 0 atom stereocenters. The van der Waals surface area contributed by atoms with E-state index in [1.54, 1.807) is 12.3 Å². The second-order valence-corrected chi connectivity index (χ2v) is 4.19. The van der Waals surface area contributed by atoms with E-state index < -0.39 is 0 Å². The summed E-state index contributed by atoms with van der Waals surface area (Å²) < 4.78 is 6.05. The van der Waals surface area contributed by atoms with Crippen LogP contribution >= 0.6 is 15.9 Å². The smallest absolute Gasteiger partial charge is 0.282 e. The van der Waals surface area contributed by atoms with Crippen LogP contribution in [0.1, 0.15) is 10.5 Å². The minimum absolute atomic E-state index is 0.123. The summed E-state index contributed by atoms with van der Waals surface area (Å²) in [4.78, 5) is 14.6. The van der Waals surface area contributed by atoms with Crippen LogP contribution in [0.2, 0.25) is 0 Å². The summed E-state index contributed by atoms with van der Waals surface area (Å²) >= 11 is 3.28. The Hall–Kier alpha value is -0.850. The molecular weight excluding hydrogens is 262 g/mol. The summed E-state index contributed by atoms with van der Waals surface area (Å²) in [6.45, 7) is 2.78. The summed E-state index contributed by atoms with van der Waals surface area (Å²) in [5, 5.41) is 1.86. The number of aromatic amines is 1. The fraction of sp³-hybridized carbons (Fsp3) is 0.444. The van der Waals surface area contributed by atoms with Crippen molar-refractivity contribution in [1.82, 2.24) is 15.4 Å². The number of aromatic nitrogens is 1. The molecule has 1 aromatic rings. The van der Waals surface area contributed by atoms with Gasteiger partial charge in [-0.1, -0.05) is 0 Å². The third-order valence-corrected chi connectivity index (χ3v) is 2.62. The molecule has 82 valence electrons. The highest BCUT2D eigenvalue weighted by Crippen LogP contribution is 2.10. The number of ether oxygens (including phenoxy) is 1. The lowest BCUT2D eigenvalue weighted by molar-refractivity contribution is 0.0125. The first-order valence-corrected chi connectivity index (χ1v) is 5.52. The first-order chi connectivity index (χ1) is 7.25. The highest BCUT2D eigenvalue weighted by atomic mass is 79.9. The van der Waals surface area contributed by atoms with Gasteiger partial charge in [0.2, 0.25) is 0 Å². The number of nitrogens with one attached hydrogen (secondary N) is 2. The molecule has 1 aromatic heterocycles. The summed E-state index contributed by atoms with van der Waals surface area (Å²) in [5.74, 6) is -0.123. The van der Waals surface area contributed by atoms with Crippen molar-refractivity contribution in [2.45, 2.75) is 0 Å². The molecule has 6 heteroatoms. The van der Waals surface area contributed by atoms with Gasteiger partial charge in [0.1, 0.15) is 5.69 Å². The van der Waals surface area contributed by atoms with E-state index in [-0.39, 0.29) is 5.91 Å². The summed E-state index contributed by atoms with van der Waals surface area (Å²) in [5.41, 5.74) is 3.36. The largest absolute Gasteiger partial charge is 0.379 e. The molecule has 0 aliphatic carbocycles. The highest BCUT2D eigenvalue weighted by Gasteiger charge is 2.14. The normalized spacial score (nSPS) is 17.7. The number of rotatable bonds is 2. The lowest BCUT2D eigenvalue weighted by atomic mass is 10.4. The molecule has 1 amide bonds. The summed E-state index contributed by atoms with van der Waals surface area (Å²) in [6, 6.07) is 1.75. The molecule has 2 N–H and O–H groups in total. The Bertz CT molecular complexity index is 347. The Kier molecular flexibility index (Phi) is 3.40. The molecule has 5 nitrogen and oxygen atoms in total. The SMILES string of the molecule is O=C(NN1CCOCC1)c1cc(Br)c[nH]1. The van der Waals surface area contributed by atoms with Gasteiger partial charge in [-0.25, -0.2) is 5.01 Å². The van der Waals surface area contributed by atoms with Gasteiger partial charge in [-0.05, 0) is 22.0 Å². The number of carbonyl (C=O) groups excluding carboxylic acids is 1. The van der Waals surface area contributed by atoms with Crippen LogP contribution in [0.4, 0.5) is 0 Å². The molecule has 0 saturated carbocycles. The molecule has 1 aliphatic heterocycles. The number of carbonyl (C=O) groups is 1. The second kappa shape index (κ2) is 4.78. The first kappa shape index (κ1) is 10.7. The Morgan fingerprint density at radius 2 is 2.27 bits per heavy atom. The molecule has 1 fully saturated rings. The molecule has 2 heterocycles. The number of morpholine rings is 1. The van der Waals surface area contributed by atoms with Crippen molar-refractivity contribution in [3.05, 3.63) is 22.4 Å². The van der Waals surface area contributed by atoms with E-state index in [0.29, 0.717) is 18.9 Å². The van der Waals surface area contributed by atoms with Crippen LogP contribution in [-0.2, 0) is 4.74 Å². The zero-order chi connectivity index (χ0) is 10.7. The van der Waals surface area contributed by atoms with E-state index in [9.17, 15) is 4.79 Å². The number of hydrogen-bond donors (Lipinski definition) is 2. The molecule has 2 rings (SSSR count). The van der Waals surface area contributed by atoms with Crippen molar-refractivity contribution in [3.63, 3.8) is 0 Å². The van der Waals surface area contributed by atoms with Crippen LogP contribution in [0.3, 0.4) is 0 Å². The van der Waals surface area contributed by atoms with Gasteiger partial charge in [-0.15, -0.1) is 0 Å². The van der Waals surface area contributed by atoms with Crippen molar-refractivity contribution >= 4 is 21.8 Å². The maximum absolute atomic E-state index is 11.7. The molecule has 0 radical (unpaired) electrons. The topological polar surface area (TPSA) is 57.4 Å². The monoisotopic (exact) mass is 273 g/mol. The minimum Gasteiger partial charge on any atom is -0.379 e. The lowest BCUT2D eigenvalue weighted by Crippen LogP contribution is -2.48. The van der Waals surface area contributed by atoms with Crippen molar-refractivity contribution in [2.75, 3.05) is 26.3 Å². The Morgan fingerprint density at radius 3 is 2.87 bits per heavy atom. The van der Waals surface area contributed by atoms with E-state index in [0.717, 1.165) is 17.6 Å². The van der Waals surface area contributed by atoms with Gasteiger partial charge in [0.25, 0.3) is 5.91 Å². The van der Waals surface area contributed by atoms with Gasteiger partial charge in [-0.2, -0.15) is 0 Å². The van der Waals surface area contributed by atoms with E-state index >= 15 is 0 Å². The lowest BCUT2D eigenvalue weighted by Gasteiger charge is -2.26. The summed E-state index contributed by atoms with van der Waals surface area (Å²) in [6.07, 6.45) is 1.73. The van der Waals surface area contributed by atoms with Gasteiger partial charge in [0.15, 0.2) is 0 Å². The van der Waals surface area contributed by atoms with E-state index in [2.05, 4.69) is 26.3 Å². The van der Waals surface area contributed by atoms with Gasteiger partial charge in [-0.3, -0.25) is 10.2 Å². The highest BCUT2D eigenvalue weighted by molar-refractivity contribution is 9.10. The molecule has 1 saturated heterocycles. The van der Waals surface area contributed by atoms with Crippen LogP contribution in [0.5, 0.6) is 0 Å². The number of nitrogens with zero attached hydrogens (tertiary/aromatic N) is 1.